The van der Waals surface area contributed by atoms with E-state index in [4.69, 9.17) is 16.3 Å². The molecule has 0 radical (unpaired) electrons. The lowest BCUT2D eigenvalue weighted by atomic mass is 9.95. The second kappa shape index (κ2) is 10.8. The van der Waals surface area contributed by atoms with Crippen LogP contribution in [0.1, 0.15) is 36.0 Å². The summed E-state index contributed by atoms with van der Waals surface area (Å²) in [7, 11) is 0. The second-order valence-electron chi connectivity index (χ2n) is 8.55. The lowest BCUT2D eigenvalue weighted by molar-refractivity contribution is 0.306. The number of hydrogen-bond acceptors (Lipinski definition) is 6. The molecule has 0 amide bonds. The van der Waals surface area contributed by atoms with E-state index in [-0.39, 0.29) is 12.1 Å². The zero-order chi connectivity index (χ0) is 24.2. The largest absolute Gasteiger partial charge is 0.489 e. The molecule has 178 valence electrons. The first-order valence-electron chi connectivity index (χ1n) is 11.5. The molecule has 1 atom stereocenters. The Bertz CT molecular complexity index is 1380. The molecule has 1 saturated heterocycles. The van der Waals surface area contributed by atoms with Gasteiger partial charge in [0.1, 0.15) is 12.4 Å². The third-order valence-corrected chi connectivity index (χ3v) is 7.60. The molecule has 1 aliphatic heterocycles. The van der Waals surface area contributed by atoms with Gasteiger partial charge in [0.2, 0.25) is 0 Å². The highest BCUT2D eigenvalue weighted by molar-refractivity contribution is 7.18. The van der Waals surface area contributed by atoms with Crippen molar-refractivity contribution in [1.29, 1.82) is 0 Å². The van der Waals surface area contributed by atoms with Crippen molar-refractivity contribution in [2.45, 2.75) is 39.0 Å². The van der Waals surface area contributed by atoms with E-state index in [1.807, 2.05) is 25.1 Å². The molecule has 4 N–H and O–H groups in total. The average molecular weight is 503 g/mol. The van der Waals surface area contributed by atoms with Crippen LogP contribution in [-0.4, -0.2) is 6.17 Å². The number of hydrogen-bond donors (Lipinski definition) is 4. The maximum absolute atomic E-state index is 6.66. The van der Waals surface area contributed by atoms with Crippen LogP contribution in [-0.2, 0) is 6.61 Å². The maximum Gasteiger partial charge on any atom is 0.119 e. The molecule has 0 saturated carbocycles. The summed E-state index contributed by atoms with van der Waals surface area (Å²) in [5.74, 6) is 7.29. The molecule has 1 aliphatic rings. The van der Waals surface area contributed by atoms with Gasteiger partial charge in [0.25, 0.3) is 0 Å². The fourth-order valence-corrected chi connectivity index (χ4v) is 5.70. The number of aryl methyl sites for hydroxylation is 1. The molecule has 1 aromatic heterocycles. The zero-order valence-corrected chi connectivity index (χ0v) is 21.2. The van der Waals surface area contributed by atoms with Crippen LogP contribution >= 0.6 is 22.9 Å². The van der Waals surface area contributed by atoms with Crippen LogP contribution in [0, 0.1) is 18.8 Å². The number of fused-ring (bicyclic) bond motifs is 1. The predicted molar refractivity (Wildman–Crippen MR) is 145 cm³/mol. The minimum Gasteiger partial charge on any atom is -0.489 e. The summed E-state index contributed by atoms with van der Waals surface area (Å²) in [6.45, 7) is 4.46. The summed E-state index contributed by atoms with van der Waals surface area (Å²) in [6.07, 6.45) is 0.918. The van der Waals surface area contributed by atoms with Gasteiger partial charge in [0, 0.05) is 16.9 Å². The van der Waals surface area contributed by atoms with Gasteiger partial charge in [-0.3, -0.25) is 0 Å². The van der Waals surface area contributed by atoms with Crippen molar-refractivity contribution in [3.63, 3.8) is 0 Å². The van der Waals surface area contributed by atoms with Crippen LogP contribution in [0.3, 0.4) is 0 Å². The van der Waals surface area contributed by atoms with Crippen molar-refractivity contribution in [2.75, 3.05) is 0 Å². The molecule has 1 fully saturated rings. The van der Waals surface area contributed by atoms with E-state index in [0.717, 1.165) is 33.0 Å². The van der Waals surface area contributed by atoms with Crippen molar-refractivity contribution >= 4 is 33.0 Å². The minimum absolute atomic E-state index is 0.0955. The average Bonchev–Trinajstić information content (AvgIpc) is 3.54. The summed E-state index contributed by atoms with van der Waals surface area (Å²) in [4.78, 5) is 0. The third kappa shape index (κ3) is 5.36. The van der Waals surface area contributed by atoms with Crippen LogP contribution in [0.4, 0.5) is 0 Å². The molecule has 0 bridgehead atoms. The first kappa shape index (κ1) is 23.8. The fraction of sp³-hybridized carbons (Fsp3) is 0.214. The normalized spacial score (nSPS) is 14.6. The first-order valence-corrected chi connectivity index (χ1v) is 12.8. The van der Waals surface area contributed by atoms with Gasteiger partial charge in [0.05, 0.1) is 15.9 Å². The Balaban J connectivity index is 1.32. The molecule has 35 heavy (non-hydrogen) atoms. The molecular weight excluding hydrogens is 476 g/mol. The van der Waals surface area contributed by atoms with Gasteiger partial charge in [-0.15, -0.1) is 17.3 Å². The molecule has 0 aliphatic carbocycles. The maximum atomic E-state index is 6.66. The number of thiophene rings is 1. The molecule has 3 aromatic carbocycles. The van der Waals surface area contributed by atoms with Crippen molar-refractivity contribution in [2.24, 2.45) is 0 Å². The number of benzene rings is 3. The van der Waals surface area contributed by atoms with E-state index in [2.05, 4.69) is 88.5 Å². The molecule has 5 rings (SSSR count). The Morgan fingerprint density at radius 3 is 2.54 bits per heavy atom. The lowest BCUT2D eigenvalue weighted by Gasteiger charge is -2.16. The zero-order valence-electron chi connectivity index (χ0n) is 19.6. The highest BCUT2D eigenvalue weighted by Crippen LogP contribution is 2.39. The number of ether oxygens (including phenoxy) is 1. The smallest absolute Gasteiger partial charge is 0.119 e. The van der Waals surface area contributed by atoms with Gasteiger partial charge in [-0.25, -0.2) is 10.9 Å². The van der Waals surface area contributed by atoms with Gasteiger partial charge >= 0.3 is 0 Å². The predicted octanol–water partition coefficient (Wildman–Crippen LogP) is 6.05. The summed E-state index contributed by atoms with van der Waals surface area (Å²) >= 11 is 8.35. The van der Waals surface area contributed by atoms with Crippen LogP contribution in [0.5, 0.6) is 5.75 Å². The molecule has 0 spiro atoms. The van der Waals surface area contributed by atoms with Gasteiger partial charge in [-0.05, 0) is 72.2 Å². The van der Waals surface area contributed by atoms with Crippen molar-refractivity contribution in [3.8, 4) is 28.7 Å². The Morgan fingerprint density at radius 1 is 1.03 bits per heavy atom. The molecule has 0 unspecified atom stereocenters. The van der Waals surface area contributed by atoms with E-state index < -0.39 is 0 Å². The molecule has 5 nitrogen and oxygen atoms in total. The monoisotopic (exact) mass is 502 g/mol. The quantitative estimate of drug-likeness (QED) is 0.232. The van der Waals surface area contributed by atoms with Crippen LogP contribution < -0.4 is 26.7 Å². The lowest BCUT2D eigenvalue weighted by Crippen LogP contribution is -2.35. The van der Waals surface area contributed by atoms with E-state index in [1.165, 1.54) is 22.1 Å². The van der Waals surface area contributed by atoms with Crippen LogP contribution in [0.15, 0.2) is 66.0 Å². The highest BCUT2D eigenvalue weighted by Gasteiger charge is 2.19. The Kier molecular flexibility index (Phi) is 7.35. The number of hydrazine groups is 3. The van der Waals surface area contributed by atoms with Crippen molar-refractivity contribution in [1.82, 2.24) is 21.9 Å². The minimum atomic E-state index is 0.0955. The number of halogens is 1. The van der Waals surface area contributed by atoms with Gasteiger partial charge in [-0.2, -0.15) is 11.1 Å². The van der Waals surface area contributed by atoms with Crippen LogP contribution in [0.25, 0.3) is 21.2 Å². The highest BCUT2D eigenvalue weighted by atomic mass is 35.5. The summed E-state index contributed by atoms with van der Waals surface area (Å²) in [6, 6.07) is 20.9. The van der Waals surface area contributed by atoms with Gasteiger partial charge < -0.3 is 4.74 Å². The Labute approximate surface area is 214 Å². The first-order chi connectivity index (χ1) is 17.1. The summed E-state index contributed by atoms with van der Waals surface area (Å²) < 4.78 is 7.24. The van der Waals surface area contributed by atoms with E-state index in [0.29, 0.717) is 6.61 Å². The standard InChI is InChI=1S/C28H27ClN4OS/c1-3-6-21(15-27-30-32-33-31-27)20-9-11-22(12-10-20)34-16-19-13-24-25(17-35-28(24)26(29)14-19)23-8-5-4-7-18(23)2/h4-5,7-14,17,21,27,30-33H,15-16H2,1-2H3/t21-/m0/s1. The van der Waals surface area contributed by atoms with Crippen LogP contribution in [0.2, 0.25) is 5.02 Å². The topological polar surface area (TPSA) is 57.3 Å². The van der Waals surface area contributed by atoms with E-state index in [1.54, 1.807) is 11.3 Å². The Hall–Kier alpha value is -2.89. The van der Waals surface area contributed by atoms with Gasteiger partial charge in [-0.1, -0.05) is 53.9 Å². The second-order valence-corrected chi connectivity index (χ2v) is 9.84. The Morgan fingerprint density at radius 2 is 1.80 bits per heavy atom. The molecule has 4 aromatic rings. The molecular formula is C28H27ClN4OS. The molecule has 7 heteroatoms. The van der Waals surface area contributed by atoms with Crippen molar-refractivity contribution in [3.05, 3.63) is 87.8 Å². The SMILES string of the molecule is CC#C[C@@H](CC1NNNN1)c1ccc(OCc2cc(Cl)c3scc(-c4ccccc4C)c3c2)cc1. The summed E-state index contributed by atoms with van der Waals surface area (Å²) in [5.41, 5.74) is 17.9. The van der Waals surface area contributed by atoms with E-state index in [9.17, 15) is 0 Å². The summed E-state index contributed by atoms with van der Waals surface area (Å²) in [5, 5.41) is 4.13. The third-order valence-electron chi connectivity index (χ3n) is 6.16. The number of rotatable bonds is 7. The molecule has 2 heterocycles. The van der Waals surface area contributed by atoms with E-state index >= 15 is 0 Å². The fourth-order valence-electron chi connectivity index (χ4n) is 4.37. The van der Waals surface area contributed by atoms with Gasteiger partial charge in [0.15, 0.2) is 0 Å². The number of nitrogens with one attached hydrogen (secondary N) is 4. The van der Waals surface area contributed by atoms with Crippen molar-refractivity contribution < 1.29 is 4.74 Å².